The highest BCUT2D eigenvalue weighted by Gasteiger charge is 2.51. The fourth-order valence-electron chi connectivity index (χ4n) is 4.40. The molecular formula is C18H36N4O11. The van der Waals surface area contributed by atoms with E-state index in [1.54, 1.807) is 0 Å². The number of hydrogen-bond donors (Lipinski definition) is 11. The smallest absolute Gasteiger partial charge is 0.187 e. The third-order valence-electron chi connectivity index (χ3n) is 6.48. The van der Waals surface area contributed by atoms with E-state index in [2.05, 4.69) is 0 Å². The van der Waals surface area contributed by atoms with Crippen LogP contribution in [-0.2, 0) is 18.9 Å². The molecular weight excluding hydrogens is 448 g/mol. The van der Waals surface area contributed by atoms with Gasteiger partial charge in [0.25, 0.3) is 0 Å². The minimum atomic E-state index is -1.66. The molecule has 0 aromatic heterocycles. The summed E-state index contributed by atoms with van der Waals surface area (Å²) >= 11 is 0. The molecule has 1 aliphatic carbocycles. The van der Waals surface area contributed by atoms with Gasteiger partial charge >= 0.3 is 0 Å². The van der Waals surface area contributed by atoms with Crippen LogP contribution < -0.4 is 22.9 Å². The van der Waals surface area contributed by atoms with Crippen LogP contribution in [0, 0.1) is 0 Å². The van der Waals surface area contributed by atoms with Crippen molar-refractivity contribution in [3.63, 3.8) is 0 Å². The summed E-state index contributed by atoms with van der Waals surface area (Å²) in [6.07, 6.45) is -16.5. The molecule has 0 amide bonds. The second kappa shape index (κ2) is 11.0. The summed E-state index contributed by atoms with van der Waals surface area (Å²) < 4.78 is 22.2. The van der Waals surface area contributed by atoms with E-state index in [1.165, 1.54) is 0 Å². The zero-order chi connectivity index (χ0) is 24.6. The molecule has 0 aromatic carbocycles. The third kappa shape index (κ3) is 5.32. The van der Waals surface area contributed by atoms with Crippen molar-refractivity contribution in [3.8, 4) is 0 Å². The van der Waals surface area contributed by atoms with Crippen LogP contribution in [0.25, 0.3) is 0 Å². The van der Waals surface area contributed by atoms with Gasteiger partial charge in [0.2, 0.25) is 0 Å². The number of aliphatic hydroxyl groups excluding tert-OH is 7. The largest absolute Gasteiger partial charge is 0.394 e. The average molecular weight is 485 g/mol. The van der Waals surface area contributed by atoms with Crippen molar-refractivity contribution in [2.45, 2.75) is 98.2 Å². The minimum Gasteiger partial charge on any atom is -0.394 e. The maximum absolute atomic E-state index is 10.9. The number of hydrogen-bond acceptors (Lipinski definition) is 15. The van der Waals surface area contributed by atoms with Gasteiger partial charge in [0, 0.05) is 18.6 Å². The highest BCUT2D eigenvalue weighted by Crippen LogP contribution is 2.31. The molecule has 33 heavy (non-hydrogen) atoms. The lowest BCUT2D eigenvalue weighted by Crippen LogP contribution is -2.68. The molecule has 0 radical (unpaired) electrons. The van der Waals surface area contributed by atoms with Gasteiger partial charge in [0.1, 0.15) is 61.0 Å². The van der Waals surface area contributed by atoms with Gasteiger partial charge in [-0.1, -0.05) is 0 Å². The fraction of sp³-hybridized carbons (Fsp3) is 1.00. The van der Waals surface area contributed by atoms with Gasteiger partial charge in [0.15, 0.2) is 12.6 Å². The van der Waals surface area contributed by atoms with E-state index in [4.69, 9.17) is 41.9 Å². The normalized spacial score (nSPS) is 53.7. The lowest BCUT2D eigenvalue weighted by atomic mass is 9.84. The maximum atomic E-state index is 10.9. The van der Waals surface area contributed by atoms with Crippen LogP contribution in [0.5, 0.6) is 0 Å². The van der Waals surface area contributed by atoms with Gasteiger partial charge < -0.3 is 77.6 Å². The number of aliphatic hydroxyl groups is 7. The third-order valence-corrected chi connectivity index (χ3v) is 6.48. The second-order valence-corrected chi connectivity index (χ2v) is 8.79. The Balaban J connectivity index is 1.72. The Bertz CT molecular complexity index is 584. The lowest BCUT2D eigenvalue weighted by molar-refractivity contribution is -0.332. The molecule has 0 bridgehead atoms. The van der Waals surface area contributed by atoms with E-state index in [9.17, 15) is 35.7 Å². The van der Waals surface area contributed by atoms with E-state index in [1.807, 2.05) is 0 Å². The van der Waals surface area contributed by atoms with Crippen molar-refractivity contribution < 1.29 is 54.7 Å². The SMILES string of the molecule is NCC1O[C@H](OC2C(O)[C@@H](O[C@H]3OC(CO)[C@@H](O)C(N)C3O)C(N)C[C@@H]2N)C(O)C(O)[C@@H]1O. The molecule has 1 saturated carbocycles. The van der Waals surface area contributed by atoms with Crippen LogP contribution in [0.3, 0.4) is 0 Å². The Hall–Kier alpha value is -0.600. The van der Waals surface area contributed by atoms with Crippen LogP contribution in [0.15, 0.2) is 0 Å². The Morgan fingerprint density at radius 1 is 0.667 bits per heavy atom. The number of ether oxygens (including phenoxy) is 4. The predicted molar refractivity (Wildman–Crippen MR) is 108 cm³/mol. The highest BCUT2D eigenvalue weighted by molar-refractivity contribution is 5.01. The summed E-state index contributed by atoms with van der Waals surface area (Å²) in [5.74, 6) is 0. The van der Waals surface area contributed by atoms with E-state index >= 15 is 0 Å². The summed E-state index contributed by atoms with van der Waals surface area (Å²) in [5.41, 5.74) is 23.5. The van der Waals surface area contributed by atoms with Crippen LogP contribution in [0.2, 0.25) is 0 Å². The molecule has 3 fully saturated rings. The highest BCUT2D eigenvalue weighted by atomic mass is 16.7. The van der Waals surface area contributed by atoms with E-state index < -0.39 is 98.4 Å². The molecule has 15 heteroatoms. The van der Waals surface area contributed by atoms with E-state index in [-0.39, 0.29) is 13.0 Å². The van der Waals surface area contributed by atoms with Gasteiger partial charge in [-0.3, -0.25) is 0 Å². The molecule has 15 nitrogen and oxygen atoms in total. The van der Waals surface area contributed by atoms with Crippen LogP contribution in [0.1, 0.15) is 6.42 Å². The van der Waals surface area contributed by atoms with E-state index in [0.29, 0.717) is 0 Å². The predicted octanol–water partition coefficient (Wildman–Crippen LogP) is -7.29. The minimum absolute atomic E-state index is 0.0849. The van der Waals surface area contributed by atoms with Crippen LogP contribution in [-0.4, -0.2) is 141 Å². The van der Waals surface area contributed by atoms with Crippen molar-refractivity contribution >= 4 is 0 Å². The van der Waals surface area contributed by atoms with Gasteiger partial charge in [0.05, 0.1) is 12.6 Å². The van der Waals surface area contributed by atoms with Crippen molar-refractivity contribution in [2.75, 3.05) is 13.2 Å². The van der Waals surface area contributed by atoms with Gasteiger partial charge in [-0.05, 0) is 6.42 Å². The van der Waals surface area contributed by atoms with Gasteiger partial charge in [-0.25, -0.2) is 0 Å². The Morgan fingerprint density at radius 3 is 1.70 bits per heavy atom. The van der Waals surface area contributed by atoms with Crippen LogP contribution >= 0.6 is 0 Å². The lowest BCUT2D eigenvalue weighted by Gasteiger charge is -2.48. The molecule has 0 spiro atoms. The Kier molecular flexibility index (Phi) is 8.99. The molecule has 0 aromatic rings. The summed E-state index contributed by atoms with van der Waals surface area (Å²) in [5, 5.41) is 70.9. The van der Waals surface area contributed by atoms with Crippen molar-refractivity contribution in [3.05, 3.63) is 0 Å². The first-order valence-electron chi connectivity index (χ1n) is 10.8. The summed E-state index contributed by atoms with van der Waals surface area (Å²) in [4.78, 5) is 0. The maximum Gasteiger partial charge on any atom is 0.187 e. The van der Waals surface area contributed by atoms with Crippen molar-refractivity contribution in [2.24, 2.45) is 22.9 Å². The molecule has 3 aliphatic rings. The summed E-state index contributed by atoms with van der Waals surface area (Å²) in [6, 6.07) is -2.86. The van der Waals surface area contributed by atoms with Crippen molar-refractivity contribution in [1.82, 2.24) is 0 Å². The van der Waals surface area contributed by atoms with Gasteiger partial charge in [-0.15, -0.1) is 0 Å². The first-order valence-corrected chi connectivity index (χ1v) is 10.8. The zero-order valence-electron chi connectivity index (χ0n) is 17.9. The van der Waals surface area contributed by atoms with Crippen molar-refractivity contribution in [1.29, 1.82) is 0 Å². The summed E-state index contributed by atoms with van der Waals surface area (Å²) in [7, 11) is 0. The molecule has 2 saturated heterocycles. The Labute approximate surface area is 189 Å². The standard InChI is InChI=1S/C18H36N4O11/c19-2-6-10(25)12(27)13(28)18(30-6)33-16-5(21)1-4(20)15(14(16)29)32-17-11(26)8(22)9(24)7(3-23)31-17/h4-18,23-29H,1-3,19-22H2/t4?,5-,6?,7?,8?,9+,10+,11?,12?,13?,14?,15-,16?,17+,18+/m0/s1. The first-order chi connectivity index (χ1) is 15.5. The number of rotatable bonds is 6. The summed E-state index contributed by atoms with van der Waals surface area (Å²) in [6.45, 7) is -0.763. The van der Waals surface area contributed by atoms with E-state index in [0.717, 1.165) is 0 Å². The molecule has 2 aliphatic heterocycles. The second-order valence-electron chi connectivity index (χ2n) is 8.79. The topological polar surface area (TPSA) is 283 Å². The molecule has 194 valence electrons. The molecule has 3 rings (SSSR count). The molecule has 9 unspecified atom stereocenters. The molecule has 15 N–H and O–H groups in total. The fourth-order valence-corrected chi connectivity index (χ4v) is 4.40. The molecule has 15 atom stereocenters. The monoisotopic (exact) mass is 484 g/mol. The van der Waals surface area contributed by atoms with Crippen LogP contribution in [0.4, 0.5) is 0 Å². The average Bonchev–Trinajstić information content (AvgIpc) is 2.79. The van der Waals surface area contributed by atoms with Gasteiger partial charge in [-0.2, -0.15) is 0 Å². The zero-order valence-corrected chi connectivity index (χ0v) is 17.9. The first kappa shape index (κ1) is 27.0. The molecule has 2 heterocycles. The quantitative estimate of drug-likeness (QED) is 0.167. The Morgan fingerprint density at radius 2 is 1.18 bits per heavy atom. The number of nitrogens with two attached hydrogens (primary N) is 4.